The van der Waals surface area contributed by atoms with E-state index in [2.05, 4.69) is 10.3 Å². The van der Waals surface area contributed by atoms with Crippen molar-refractivity contribution in [1.29, 1.82) is 0 Å². The monoisotopic (exact) mass is 338 g/mol. The number of nitrogens with one attached hydrogen (secondary N) is 2. The Kier molecular flexibility index (Phi) is 7.06. The fourth-order valence-corrected chi connectivity index (χ4v) is 2.24. The highest BCUT2D eigenvalue weighted by molar-refractivity contribution is 5.88. The number of fused-ring (bicyclic) bond motifs is 1. The quantitative estimate of drug-likeness (QED) is 0.735. The van der Waals surface area contributed by atoms with Crippen molar-refractivity contribution < 1.29 is 9.59 Å². The molecular weight excluding hydrogens is 316 g/mol. The summed E-state index contributed by atoms with van der Waals surface area (Å²) in [6, 6.07) is 7.18. The van der Waals surface area contributed by atoms with Crippen molar-refractivity contribution in [1.82, 2.24) is 15.2 Å². The molecule has 1 aromatic heterocycles. The van der Waals surface area contributed by atoms with Gasteiger partial charge in [0.1, 0.15) is 0 Å². The van der Waals surface area contributed by atoms with Crippen LogP contribution in [0.5, 0.6) is 0 Å². The maximum absolute atomic E-state index is 12.0. The molecule has 126 valence electrons. The van der Waals surface area contributed by atoms with Crippen molar-refractivity contribution in [3.05, 3.63) is 36.0 Å². The highest BCUT2D eigenvalue weighted by Gasteiger charge is 2.17. The second-order valence-corrected chi connectivity index (χ2v) is 5.30. The summed E-state index contributed by atoms with van der Waals surface area (Å²) in [7, 11) is 1.69. The van der Waals surface area contributed by atoms with Crippen molar-refractivity contribution in [2.24, 2.45) is 5.73 Å². The zero-order chi connectivity index (χ0) is 16.1. The molecule has 1 heterocycles. The first-order valence-electron chi connectivity index (χ1n) is 7.35. The van der Waals surface area contributed by atoms with Crippen molar-refractivity contribution >= 4 is 35.1 Å². The van der Waals surface area contributed by atoms with Crippen LogP contribution in [0.1, 0.15) is 12.5 Å². The number of nitrogens with zero attached hydrogens (tertiary/aromatic N) is 1. The molecule has 0 saturated heterocycles. The van der Waals surface area contributed by atoms with Crippen molar-refractivity contribution in [3.63, 3.8) is 0 Å². The summed E-state index contributed by atoms with van der Waals surface area (Å²) in [5.74, 6) is -0.446. The highest BCUT2D eigenvalue weighted by atomic mass is 35.5. The average molecular weight is 339 g/mol. The fourth-order valence-electron chi connectivity index (χ4n) is 2.24. The minimum atomic E-state index is -0.682. The number of rotatable bonds is 6. The number of nitrogens with two attached hydrogens (primary N) is 1. The van der Waals surface area contributed by atoms with Gasteiger partial charge in [-0.05, 0) is 25.0 Å². The number of aromatic amines is 1. The van der Waals surface area contributed by atoms with E-state index in [9.17, 15) is 9.59 Å². The number of likely N-dealkylation sites (N-methyl/N-ethyl adjacent to an activating group) is 1. The maximum atomic E-state index is 12.0. The van der Waals surface area contributed by atoms with Gasteiger partial charge in [-0.1, -0.05) is 18.2 Å². The van der Waals surface area contributed by atoms with Crippen molar-refractivity contribution in [3.8, 4) is 0 Å². The Morgan fingerprint density at radius 3 is 2.74 bits per heavy atom. The number of amides is 2. The van der Waals surface area contributed by atoms with Crippen LogP contribution in [-0.4, -0.2) is 47.9 Å². The second kappa shape index (κ2) is 8.55. The molecule has 0 spiro atoms. The average Bonchev–Trinajstić information content (AvgIpc) is 2.94. The summed E-state index contributed by atoms with van der Waals surface area (Å²) < 4.78 is 0. The van der Waals surface area contributed by atoms with Crippen LogP contribution in [-0.2, 0) is 16.0 Å². The van der Waals surface area contributed by atoms with Gasteiger partial charge in [-0.15, -0.1) is 12.4 Å². The fraction of sp³-hybridized carbons (Fsp3) is 0.375. The van der Waals surface area contributed by atoms with E-state index in [-0.39, 0.29) is 30.8 Å². The number of halogens is 1. The third-order valence-corrected chi connectivity index (χ3v) is 3.77. The lowest BCUT2D eigenvalue weighted by Crippen LogP contribution is -2.46. The molecule has 0 saturated carbocycles. The van der Waals surface area contributed by atoms with Gasteiger partial charge in [-0.3, -0.25) is 9.59 Å². The van der Waals surface area contributed by atoms with Gasteiger partial charge in [0.25, 0.3) is 0 Å². The summed E-state index contributed by atoms with van der Waals surface area (Å²) in [4.78, 5) is 28.4. The van der Waals surface area contributed by atoms with Crippen LogP contribution < -0.4 is 11.1 Å². The van der Waals surface area contributed by atoms with Gasteiger partial charge in [0.2, 0.25) is 11.8 Å². The van der Waals surface area contributed by atoms with E-state index in [0.717, 1.165) is 16.5 Å². The molecular formula is C16H23ClN4O2. The Hall–Kier alpha value is -2.05. The van der Waals surface area contributed by atoms with Gasteiger partial charge in [0, 0.05) is 30.7 Å². The van der Waals surface area contributed by atoms with Crippen LogP contribution in [0.25, 0.3) is 10.9 Å². The smallest absolute Gasteiger partial charge is 0.241 e. The molecule has 2 aromatic rings. The standard InChI is InChI=1S/C16H22N4O2.ClH/c1-3-20(2)15(21)10-19-16(22)13(17)8-11-9-18-14-7-5-4-6-12(11)14;/h4-7,9,13,18H,3,8,10,17H2,1-2H3,(H,19,22);1H/t13-;/m0./s1. The summed E-state index contributed by atoms with van der Waals surface area (Å²) in [6.45, 7) is 2.46. The lowest BCUT2D eigenvalue weighted by atomic mass is 10.1. The van der Waals surface area contributed by atoms with E-state index >= 15 is 0 Å². The predicted octanol–water partition coefficient (Wildman–Crippen LogP) is 1.05. The number of carbonyl (C=O) groups is 2. The molecule has 1 atom stereocenters. The molecule has 0 aliphatic carbocycles. The summed E-state index contributed by atoms with van der Waals surface area (Å²) in [6.07, 6.45) is 2.29. The van der Waals surface area contributed by atoms with E-state index in [1.54, 1.807) is 11.9 Å². The van der Waals surface area contributed by atoms with E-state index in [0.29, 0.717) is 13.0 Å². The molecule has 1 aromatic carbocycles. The first-order chi connectivity index (χ1) is 10.5. The van der Waals surface area contributed by atoms with Crippen LogP contribution in [0.2, 0.25) is 0 Å². The molecule has 0 fully saturated rings. The minimum Gasteiger partial charge on any atom is -0.361 e. The SMILES string of the molecule is CCN(C)C(=O)CNC(=O)[C@@H](N)Cc1c[nH]c2ccccc12.Cl. The number of benzene rings is 1. The molecule has 6 nitrogen and oxygen atoms in total. The Morgan fingerprint density at radius 1 is 1.35 bits per heavy atom. The van der Waals surface area contributed by atoms with E-state index in [1.807, 2.05) is 37.4 Å². The van der Waals surface area contributed by atoms with Gasteiger partial charge < -0.3 is 20.9 Å². The first-order valence-corrected chi connectivity index (χ1v) is 7.35. The first kappa shape index (κ1) is 19.0. The third kappa shape index (κ3) is 4.71. The molecule has 0 aliphatic rings. The van der Waals surface area contributed by atoms with Crippen LogP contribution in [0.15, 0.2) is 30.5 Å². The van der Waals surface area contributed by atoms with Crippen LogP contribution in [0.4, 0.5) is 0 Å². The molecule has 7 heteroatoms. The molecule has 2 amide bonds. The maximum Gasteiger partial charge on any atom is 0.241 e. The normalized spacial score (nSPS) is 11.6. The zero-order valence-corrected chi connectivity index (χ0v) is 14.2. The number of hydrogen-bond donors (Lipinski definition) is 3. The number of aromatic nitrogens is 1. The van der Waals surface area contributed by atoms with Crippen molar-refractivity contribution in [2.75, 3.05) is 20.1 Å². The Balaban J connectivity index is 0.00000264. The van der Waals surface area contributed by atoms with Crippen molar-refractivity contribution in [2.45, 2.75) is 19.4 Å². The number of carbonyl (C=O) groups excluding carboxylic acids is 2. The lowest BCUT2D eigenvalue weighted by molar-refractivity contribution is -0.132. The molecule has 23 heavy (non-hydrogen) atoms. The van der Waals surface area contributed by atoms with E-state index in [1.165, 1.54) is 0 Å². The molecule has 2 rings (SSSR count). The molecule has 0 aliphatic heterocycles. The molecule has 0 unspecified atom stereocenters. The van der Waals surface area contributed by atoms with E-state index < -0.39 is 6.04 Å². The number of para-hydroxylation sites is 1. The van der Waals surface area contributed by atoms with Crippen LogP contribution in [0, 0.1) is 0 Å². The lowest BCUT2D eigenvalue weighted by Gasteiger charge is -2.16. The Bertz CT molecular complexity index is 671. The summed E-state index contributed by atoms with van der Waals surface area (Å²) in [5.41, 5.74) is 7.96. The Morgan fingerprint density at radius 2 is 2.04 bits per heavy atom. The number of H-pyrrole nitrogens is 1. The highest BCUT2D eigenvalue weighted by Crippen LogP contribution is 2.18. The second-order valence-electron chi connectivity index (χ2n) is 5.30. The van der Waals surface area contributed by atoms with Gasteiger partial charge in [-0.2, -0.15) is 0 Å². The van der Waals surface area contributed by atoms with Crippen LogP contribution in [0.3, 0.4) is 0 Å². The summed E-state index contributed by atoms with van der Waals surface area (Å²) in [5, 5.41) is 3.66. The molecule has 4 N–H and O–H groups in total. The minimum absolute atomic E-state index is 0. The molecule has 0 radical (unpaired) electrons. The van der Waals surface area contributed by atoms with Crippen LogP contribution >= 0.6 is 12.4 Å². The third-order valence-electron chi connectivity index (χ3n) is 3.77. The zero-order valence-electron chi connectivity index (χ0n) is 13.3. The predicted molar refractivity (Wildman–Crippen MR) is 93.5 cm³/mol. The van der Waals surface area contributed by atoms with Gasteiger partial charge in [0.05, 0.1) is 12.6 Å². The molecule has 0 bridgehead atoms. The summed E-state index contributed by atoms with van der Waals surface area (Å²) >= 11 is 0. The largest absolute Gasteiger partial charge is 0.361 e. The van der Waals surface area contributed by atoms with Gasteiger partial charge >= 0.3 is 0 Å². The Labute approximate surface area is 141 Å². The number of hydrogen-bond acceptors (Lipinski definition) is 3. The van der Waals surface area contributed by atoms with Gasteiger partial charge in [-0.25, -0.2) is 0 Å². The topological polar surface area (TPSA) is 91.2 Å². The van der Waals surface area contributed by atoms with E-state index in [4.69, 9.17) is 5.73 Å². The van der Waals surface area contributed by atoms with Gasteiger partial charge in [0.15, 0.2) is 0 Å².